The van der Waals surface area contributed by atoms with Gasteiger partial charge in [0, 0.05) is 5.39 Å². The zero-order valence-corrected chi connectivity index (χ0v) is 13.4. The van der Waals surface area contributed by atoms with Crippen LogP contribution in [0.3, 0.4) is 0 Å². The maximum absolute atomic E-state index is 12.3. The summed E-state index contributed by atoms with van der Waals surface area (Å²) in [6.45, 7) is 1.68. The number of nitrogens with zero attached hydrogens (tertiary/aromatic N) is 3. The summed E-state index contributed by atoms with van der Waals surface area (Å²) in [4.78, 5) is 13.2. The van der Waals surface area contributed by atoms with E-state index in [2.05, 4.69) is 20.4 Å². The van der Waals surface area contributed by atoms with E-state index in [1.165, 1.54) is 11.3 Å². The number of carbonyl (C=O) groups is 1. The van der Waals surface area contributed by atoms with Crippen molar-refractivity contribution in [3.05, 3.63) is 53.4 Å². The largest absolute Gasteiger partial charge is 0.448 e. The highest BCUT2D eigenvalue weighted by Gasteiger charge is 2.23. The summed E-state index contributed by atoms with van der Waals surface area (Å²) in [5.41, 5.74) is 1.00. The third kappa shape index (κ3) is 2.56. The van der Waals surface area contributed by atoms with Crippen molar-refractivity contribution in [2.45, 2.75) is 13.0 Å². The molecule has 1 N–H and O–H groups in total. The first-order valence-electron chi connectivity index (χ1n) is 7.24. The molecule has 0 saturated heterocycles. The van der Waals surface area contributed by atoms with Gasteiger partial charge in [-0.25, -0.2) is 4.79 Å². The van der Waals surface area contributed by atoms with E-state index in [1.807, 2.05) is 41.8 Å². The van der Waals surface area contributed by atoms with E-state index in [-0.39, 0.29) is 11.6 Å². The van der Waals surface area contributed by atoms with Crippen LogP contribution >= 0.6 is 11.3 Å². The fourth-order valence-electron chi connectivity index (χ4n) is 2.28. The molecule has 0 aliphatic carbocycles. The lowest BCUT2D eigenvalue weighted by atomic mass is 10.2. The molecule has 3 heterocycles. The first-order valence-corrected chi connectivity index (χ1v) is 8.11. The fourth-order valence-corrected chi connectivity index (χ4v) is 2.93. The van der Waals surface area contributed by atoms with Crippen LogP contribution in [0, 0.1) is 0 Å². The molecule has 0 fully saturated rings. The molecule has 24 heavy (non-hydrogen) atoms. The number of thiophene rings is 1. The van der Waals surface area contributed by atoms with Crippen LogP contribution in [0.5, 0.6) is 0 Å². The minimum absolute atomic E-state index is 0.232. The Bertz CT molecular complexity index is 990. The van der Waals surface area contributed by atoms with E-state index in [0.717, 1.165) is 10.4 Å². The van der Waals surface area contributed by atoms with Crippen molar-refractivity contribution in [1.29, 1.82) is 0 Å². The maximum atomic E-state index is 12.3. The van der Waals surface area contributed by atoms with Gasteiger partial charge in [0.2, 0.25) is 0 Å². The van der Waals surface area contributed by atoms with E-state index >= 15 is 0 Å². The first-order chi connectivity index (χ1) is 11.7. The number of carbonyl (C=O) groups excluding carboxylic acids is 1. The number of hydrogen-bond donors (Lipinski definition) is 1. The molecule has 0 aliphatic heterocycles. The van der Waals surface area contributed by atoms with E-state index < -0.39 is 12.1 Å². The molecule has 8 heteroatoms. The Hall–Kier alpha value is -3.00. The number of aromatic nitrogens is 4. The van der Waals surface area contributed by atoms with Crippen molar-refractivity contribution >= 4 is 28.2 Å². The molecule has 0 unspecified atom stereocenters. The highest BCUT2D eigenvalue weighted by Crippen LogP contribution is 2.26. The predicted octanol–water partition coefficient (Wildman–Crippen LogP) is 3.59. The van der Waals surface area contributed by atoms with Crippen molar-refractivity contribution in [2.75, 3.05) is 0 Å². The summed E-state index contributed by atoms with van der Waals surface area (Å²) in [7, 11) is 0. The number of H-pyrrole nitrogens is 1. The molecule has 1 atom stereocenters. The minimum Gasteiger partial charge on any atom is -0.448 e. The Kier molecular flexibility index (Phi) is 3.58. The van der Waals surface area contributed by atoms with Gasteiger partial charge in [-0.1, -0.05) is 24.3 Å². The lowest BCUT2D eigenvalue weighted by Crippen LogP contribution is -2.10. The third-order valence-electron chi connectivity index (χ3n) is 3.47. The van der Waals surface area contributed by atoms with Crippen LogP contribution in [-0.2, 0) is 4.74 Å². The second-order valence-corrected chi connectivity index (χ2v) is 6.04. The van der Waals surface area contributed by atoms with E-state index in [4.69, 9.17) is 9.15 Å². The number of para-hydroxylation sites is 1. The maximum Gasteiger partial charge on any atom is 0.360 e. The molecule has 7 nitrogen and oxygen atoms in total. The van der Waals surface area contributed by atoms with E-state index in [1.54, 1.807) is 6.92 Å². The normalized spacial score (nSPS) is 12.4. The molecular formula is C16H12N4O3S. The Morgan fingerprint density at radius 1 is 1.25 bits per heavy atom. The van der Waals surface area contributed by atoms with Gasteiger partial charge in [0.25, 0.3) is 11.8 Å². The molecule has 0 amide bonds. The number of fused-ring (bicyclic) bond motifs is 1. The van der Waals surface area contributed by atoms with Crippen LogP contribution in [0.1, 0.15) is 29.4 Å². The Balaban J connectivity index is 1.53. The Morgan fingerprint density at radius 2 is 2.12 bits per heavy atom. The van der Waals surface area contributed by atoms with Crippen molar-refractivity contribution in [3.63, 3.8) is 0 Å². The van der Waals surface area contributed by atoms with Crippen LogP contribution < -0.4 is 0 Å². The molecule has 0 aliphatic rings. The lowest BCUT2D eigenvalue weighted by molar-refractivity contribution is 0.0275. The summed E-state index contributed by atoms with van der Waals surface area (Å²) in [5.74, 6) is 0.107. The SMILES string of the molecule is C[C@@H](OC(=O)c1n[nH]c2ccccc12)c1nnc(-c2cccs2)o1. The molecule has 0 saturated carbocycles. The smallest absolute Gasteiger partial charge is 0.360 e. The summed E-state index contributed by atoms with van der Waals surface area (Å²) >= 11 is 1.50. The number of benzene rings is 1. The highest BCUT2D eigenvalue weighted by atomic mass is 32.1. The molecular weight excluding hydrogens is 328 g/mol. The molecule has 0 bridgehead atoms. The van der Waals surface area contributed by atoms with Crippen LogP contribution in [-0.4, -0.2) is 26.4 Å². The topological polar surface area (TPSA) is 93.9 Å². The minimum atomic E-state index is -0.672. The summed E-state index contributed by atoms with van der Waals surface area (Å²) in [5, 5.41) is 17.4. The molecule has 4 aromatic rings. The van der Waals surface area contributed by atoms with Crippen molar-refractivity contribution in [1.82, 2.24) is 20.4 Å². The number of esters is 1. The number of aromatic amines is 1. The average molecular weight is 340 g/mol. The van der Waals surface area contributed by atoms with Gasteiger partial charge in [-0.2, -0.15) is 5.10 Å². The molecule has 120 valence electrons. The molecule has 0 spiro atoms. The zero-order valence-electron chi connectivity index (χ0n) is 12.6. The van der Waals surface area contributed by atoms with Gasteiger partial charge >= 0.3 is 5.97 Å². The number of nitrogens with one attached hydrogen (secondary N) is 1. The van der Waals surface area contributed by atoms with Crippen LogP contribution in [0.15, 0.2) is 46.2 Å². The predicted molar refractivity (Wildman–Crippen MR) is 87.5 cm³/mol. The lowest BCUT2D eigenvalue weighted by Gasteiger charge is -2.07. The number of rotatable bonds is 4. The van der Waals surface area contributed by atoms with Crippen molar-refractivity contribution in [2.24, 2.45) is 0 Å². The molecule has 0 radical (unpaired) electrons. The van der Waals surface area contributed by atoms with Gasteiger partial charge in [0.15, 0.2) is 11.8 Å². The van der Waals surface area contributed by atoms with Crippen LogP contribution in [0.2, 0.25) is 0 Å². The van der Waals surface area contributed by atoms with Gasteiger partial charge < -0.3 is 9.15 Å². The van der Waals surface area contributed by atoms with Gasteiger partial charge in [0.05, 0.1) is 10.4 Å². The summed E-state index contributed by atoms with van der Waals surface area (Å²) < 4.78 is 11.0. The molecule has 3 aromatic heterocycles. The van der Waals surface area contributed by atoms with Crippen LogP contribution in [0.25, 0.3) is 21.7 Å². The molecule has 4 rings (SSSR count). The Labute approximate surface area is 140 Å². The Morgan fingerprint density at radius 3 is 2.96 bits per heavy atom. The van der Waals surface area contributed by atoms with Gasteiger partial charge in [-0.15, -0.1) is 21.5 Å². The van der Waals surface area contributed by atoms with Gasteiger partial charge in [-0.3, -0.25) is 5.10 Å². The number of hydrogen-bond acceptors (Lipinski definition) is 7. The van der Waals surface area contributed by atoms with E-state index in [9.17, 15) is 4.79 Å². The average Bonchev–Trinajstić information content (AvgIpc) is 3.33. The highest BCUT2D eigenvalue weighted by molar-refractivity contribution is 7.13. The van der Waals surface area contributed by atoms with Gasteiger partial charge in [-0.05, 0) is 24.4 Å². The number of ether oxygens (including phenoxy) is 1. The second kappa shape index (κ2) is 5.89. The standard InChI is InChI=1S/C16H12N4O3S/c1-9(14-19-20-15(23-14)12-7-4-8-24-12)22-16(21)13-10-5-2-3-6-11(10)17-18-13/h2-9H,1H3,(H,17,18)/t9-/m1/s1. The second-order valence-electron chi connectivity index (χ2n) is 5.09. The third-order valence-corrected chi connectivity index (χ3v) is 4.33. The van der Waals surface area contributed by atoms with Crippen LogP contribution in [0.4, 0.5) is 0 Å². The quantitative estimate of drug-likeness (QED) is 0.571. The summed E-state index contributed by atoms with van der Waals surface area (Å²) in [6.07, 6.45) is -0.672. The zero-order chi connectivity index (χ0) is 16.5. The monoisotopic (exact) mass is 340 g/mol. The van der Waals surface area contributed by atoms with Crippen molar-refractivity contribution in [3.8, 4) is 10.8 Å². The fraction of sp³-hybridized carbons (Fsp3) is 0.125. The molecule has 1 aromatic carbocycles. The first kappa shape index (κ1) is 14.6. The van der Waals surface area contributed by atoms with Gasteiger partial charge in [0.1, 0.15) is 0 Å². The van der Waals surface area contributed by atoms with Crippen molar-refractivity contribution < 1.29 is 13.9 Å². The summed E-state index contributed by atoms with van der Waals surface area (Å²) in [6, 6.07) is 11.1. The van der Waals surface area contributed by atoms with E-state index in [0.29, 0.717) is 11.3 Å².